The molecule has 68 valence electrons. The lowest BCUT2D eigenvalue weighted by atomic mass is 10.1. The van der Waals surface area contributed by atoms with Gasteiger partial charge in [-0.2, -0.15) is 23.1 Å². The van der Waals surface area contributed by atoms with Gasteiger partial charge in [-0.25, -0.2) is 0 Å². The second-order valence-corrected chi connectivity index (χ2v) is 4.64. The van der Waals surface area contributed by atoms with Gasteiger partial charge < -0.3 is 5.73 Å². The zero-order valence-electron chi connectivity index (χ0n) is 7.32. The molecule has 0 fully saturated rings. The highest BCUT2D eigenvalue weighted by atomic mass is 32.2. The molecule has 12 heavy (non-hydrogen) atoms. The maximum atomic E-state index is 5.94. The van der Waals surface area contributed by atoms with Crippen molar-refractivity contribution in [2.45, 2.75) is 18.9 Å². The van der Waals surface area contributed by atoms with E-state index in [0.29, 0.717) is 6.04 Å². The Kier molecular flexibility index (Phi) is 4.73. The molecule has 0 radical (unpaired) electrons. The van der Waals surface area contributed by atoms with Gasteiger partial charge in [-0.15, -0.1) is 0 Å². The molecule has 1 unspecified atom stereocenters. The highest BCUT2D eigenvalue weighted by molar-refractivity contribution is 7.98. The fourth-order valence-corrected chi connectivity index (χ4v) is 2.30. The number of thioether (sulfide) groups is 1. The van der Waals surface area contributed by atoms with Crippen molar-refractivity contribution in [2.75, 3.05) is 12.0 Å². The molecule has 0 bridgehead atoms. The fraction of sp³-hybridized carbons (Fsp3) is 0.556. The van der Waals surface area contributed by atoms with Gasteiger partial charge in [0.2, 0.25) is 0 Å². The Morgan fingerprint density at radius 1 is 1.67 bits per heavy atom. The molecule has 1 heterocycles. The molecule has 1 nitrogen and oxygen atoms in total. The lowest BCUT2D eigenvalue weighted by molar-refractivity contribution is 0.653. The topological polar surface area (TPSA) is 26.0 Å². The van der Waals surface area contributed by atoms with Crippen molar-refractivity contribution in [3.8, 4) is 0 Å². The molecule has 0 saturated carbocycles. The van der Waals surface area contributed by atoms with Gasteiger partial charge in [0.15, 0.2) is 0 Å². The van der Waals surface area contributed by atoms with E-state index in [9.17, 15) is 0 Å². The Labute approximate surface area is 82.4 Å². The van der Waals surface area contributed by atoms with Gasteiger partial charge in [0.05, 0.1) is 0 Å². The van der Waals surface area contributed by atoms with Crippen LogP contribution >= 0.6 is 23.1 Å². The summed E-state index contributed by atoms with van der Waals surface area (Å²) in [6, 6.07) is 2.50. The van der Waals surface area contributed by atoms with Crippen LogP contribution in [0.15, 0.2) is 16.8 Å². The van der Waals surface area contributed by atoms with Gasteiger partial charge in [0.25, 0.3) is 0 Å². The quantitative estimate of drug-likeness (QED) is 0.791. The summed E-state index contributed by atoms with van der Waals surface area (Å²) in [6.07, 6.45) is 4.28. The molecule has 0 saturated heterocycles. The summed E-state index contributed by atoms with van der Waals surface area (Å²) < 4.78 is 0. The van der Waals surface area contributed by atoms with Crippen LogP contribution in [-0.4, -0.2) is 18.1 Å². The minimum atomic E-state index is 0.340. The standard InChI is InChI=1S/C9H15NS2/c1-11-4-3-9(10)6-8-2-5-12-7-8/h2,5,7,9H,3-4,6,10H2,1H3. The SMILES string of the molecule is CSCCC(N)Cc1ccsc1. The summed E-state index contributed by atoms with van der Waals surface area (Å²) in [5, 5.41) is 4.29. The lowest BCUT2D eigenvalue weighted by Gasteiger charge is -2.08. The van der Waals surface area contributed by atoms with Crippen molar-refractivity contribution in [3.63, 3.8) is 0 Å². The molecular weight excluding hydrogens is 186 g/mol. The molecule has 1 aromatic rings. The highest BCUT2D eigenvalue weighted by Crippen LogP contribution is 2.10. The average Bonchev–Trinajstić information content (AvgIpc) is 2.53. The summed E-state index contributed by atoms with van der Waals surface area (Å²) >= 11 is 3.61. The van der Waals surface area contributed by atoms with E-state index in [2.05, 4.69) is 23.1 Å². The van der Waals surface area contributed by atoms with E-state index in [0.717, 1.165) is 12.8 Å². The van der Waals surface area contributed by atoms with E-state index >= 15 is 0 Å². The minimum absolute atomic E-state index is 0.340. The molecule has 0 amide bonds. The zero-order valence-corrected chi connectivity index (χ0v) is 8.96. The van der Waals surface area contributed by atoms with Gasteiger partial charge in [-0.05, 0) is 47.2 Å². The van der Waals surface area contributed by atoms with Crippen molar-refractivity contribution in [2.24, 2.45) is 5.73 Å². The minimum Gasteiger partial charge on any atom is -0.327 e. The summed E-state index contributed by atoms with van der Waals surface area (Å²) in [5.74, 6) is 1.17. The molecule has 1 aromatic heterocycles. The van der Waals surface area contributed by atoms with Crippen molar-refractivity contribution in [3.05, 3.63) is 22.4 Å². The van der Waals surface area contributed by atoms with Crippen LogP contribution in [0.25, 0.3) is 0 Å². The first-order chi connectivity index (χ1) is 5.83. The Balaban J connectivity index is 2.22. The normalized spacial score (nSPS) is 13.2. The average molecular weight is 201 g/mol. The summed E-state index contributed by atoms with van der Waals surface area (Å²) in [6.45, 7) is 0. The molecule has 3 heteroatoms. The molecule has 1 rings (SSSR count). The second-order valence-electron chi connectivity index (χ2n) is 2.88. The third-order valence-corrected chi connectivity index (χ3v) is 3.15. The van der Waals surface area contributed by atoms with E-state index in [-0.39, 0.29) is 0 Å². The van der Waals surface area contributed by atoms with E-state index in [1.807, 2.05) is 11.8 Å². The van der Waals surface area contributed by atoms with Crippen LogP contribution in [0.3, 0.4) is 0 Å². The maximum Gasteiger partial charge on any atom is 0.00874 e. The smallest absolute Gasteiger partial charge is 0.00874 e. The molecule has 0 aliphatic rings. The Bertz CT molecular complexity index is 196. The second kappa shape index (κ2) is 5.62. The molecule has 1 atom stereocenters. The number of hydrogen-bond acceptors (Lipinski definition) is 3. The van der Waals surface area contributed by atoms with Crippen LogP contribution in [0.4, 0.5) is 0 Å². The number of hydrogen-bond donors (Lipinski definition) is 1. The molecule has 0 aromatic carbocycles. The highest BCUT2D eigenvalue weighted by Gasteiger charge is 2.03. The van der Waals surface area contributed by atoms with Gasteiger partial charge in [-0.1, -0.05) is 0 Å². The van der Waals surface area contributed by atoms with Gasteiger partial charge >= 0.3 is 0 Å². The van der Waals surface area contributed by atoms with Gasteiger partial charge in [0.1, 0.15) is 0 Å². The van der Waals surface area contributed by atoms with E-state index in [4.69, 9.17) is 5.73 Å². The van der Waals surface area contributed by atoms with Crippen LogP contribution in [0.1, 0.15) is 12.0 Å². The Morgan fingerprint density at radius 3 is 3.08 bits per heavy atom. The first kappa shape index (κ1) is 10.1. The lowest BCUT2D eigenvalue weighted by Crippen LogP contribution is -2.23. The van der Waals surface area contributed by atoms with Crippen LogP contribution in [0.5, 0.6) is 0 Å². The van der Waals surface area contributed by atoms with E-state index in [1.54, 1.807) is 11.3 Å². The zero-order chi connectivity index (χ0) is 8.81. The molecule has 0 aliphatic heterocycles. The number of nitrogens with two attached hydrogens (primary N) is 1. The largest absolute Gasteiger partial charge is 0.327 e. The molecule has 2 N–H and O–H groups in total. The Morgan fingerprint density at radius 2 is 2.50 bits per heavy atom. The summed E-state index contributed by atoms with van der Waals surface area (Å²) in [7, 11) is 0. The van der Waals surface area contributed by atoms with E-state index in [1.165, 1.54) is 11.3 Å². The molecule has 0 aliphatic carbocycles. The fourth-order valence-electron chi connectivity index (χ4n) is 1.08. The van der Waals surface area contributed by atoms with Gasteiger partial charge in [0, 0.05) is 6.04 Å². The first-order valence-electron chi connectivity index (χ1n) is 4.08. The van der Waals surface area contributed by atoms with Crippen molar-refractivity contribution in [1.82, 2.24) is 0 Å². The van der Waals surface area contributed by atoms with E-state index < -0.39 is 0 Å². The predicted octanol–water partition coefficient (Wildman–Crippen LogP) is 2.37. The molecular formula is C9H15NS2. The number of rotatable bonds is 5. The third kappa shape index (κ3) is 3.61. The first-order valence-corrected chi connectivity index (χ1v) is 6.42. The van der Waals surface area contributed by atoms with Crippen molar-refractivity contribution in [1.29, 1.82) is 0 Å². The summed E-state index contributed by atoms with van der Waals surface area (Å²) in [4.78, 5) is 0. The van der Waals surface area contributed by atoms with Crippen LogP contribution < -0.4 is 5.73 Å². The van der Waals surface area contributed by atoms with Crippen LogP contribution in [0, 0.1) is 0 Å². The Hall–Kier alpha value is 0.01000. The van der Waals surface area contributed by atoms with Gasteiger partial charge in [-0.3, -0.25) is 0 Å². The monoisotopic (exact) mass is 201 g/mol. The summed E-state index contributed by atoms with van der Waals surface area (Å²) in [5.41, 5.74) is 7.33. The third-order valence-electron chi connectivity index (χ3n) is 1.77. The predicted molar refractivity (Wildman–Crippen MR) is 59.0 cm³/mol. The van der Waals surface area contributed by atoms with Crippen molar-refractivity contribution >= 4 is 23.1 Å². The maximum absolute atomic E-state index is 5.94. The molecule has 0 spiro atoms. The van der Waals surface area contributed by atoms with Crippen LogP contribution in [0.2, 0.25) is 0 Å². The van der Waals surface area contributed by atoms with Crippen LogP contribution in [-0.2, 0) is 6.42 Å². The van der Waals surface area contributed by atoms with Crippen molar-refractivity contribution < 1.29 is 0 Å². The number of thiophene rings is 1.